The van der Waals surface area contributed by atoms with Crippen LogP contribution in [0.25, 0.3) is 0 Å². The van der Waals surface area contributed by atoms with Crippen molar-refractivity contribution in [2.75, 3.05) is 11.4 Å². The van der Waals surface area contributed by atoms with Crippen LogP contribution in [0.2, 0.25) is 0 Å². The summed E-state index contributed by atoms with van der Waals surface area (Å²) in [4.78, 5) is 24.3. The highest BCUT2D eigenvalue weighted by atomic mass is 32.2. The van der Waals surface area contributed by atoms with E-state index in [1.54, 1.807) is 22.5 Å². The number of nitro benzene ring substituents is 1. The number of thioether (sulfide) groups is 1. The average Bonchev–Trinajstić information content (AvgIpc) is 3.11. The van der Waals surface area contributed by atoms with Gasteiger partial charge in [0.25, 0.3) is 5.69 Å². The summed E-state index contributed by atoms with van der Waals surface area (Å²) in [6, 6.07) is 6.14. The van der Waals surface area contributed by atoms with Crippen LogP contribution < -0.4 is 4.90 Å². The standard InChI is InChI=1S/C12H10N4O3S2/c17-11-10(21-12-14-13-7-20-12)4-5-15(11)8-2-1-3-9(6-8)16(18)19/h1-3,6-7,10H,4-5H2/t10-/m0/s1. The van der Waals surface area contributed by atoms with E-state index in [2.05, 4.69) is 10.2 Å². The van der Waals surface area contributed by atoms with Crippen molar-refractivity contribution in [2.45, 2.75) is 16.0 Å². The monoisotopic (exact) mass is 322 g/mol. The Morgan fingerprint density at radius 1 is 1.48 bits per heavy atom. The van der Waals surface area contributed by atoms with Gasteiger partial charge in [0.2, 0.25) is 5.91 Å². The molecule has 0 unspecified atom stereocenters. The fourth-order valence-electron chi connectivity index (χ4n) is 2.13. The number of rotatable bonds is 4. The summed E-state index contributed by atoms with van der Waals surface area (Å²) in [6.45, 7) is 0.552. The van der Waals surface area contributed by atoms with Gasteiger partial charge in [-0.3, -0.25) is 14.9 Å². The van der Waals surface area contributed by atoms with E-state index in [1.807, 2.05) is 0 Å². The lowest BCUT2D eigenvalue weighted by molar-refractivity contribution is -0.384. The molecule has 1 aliphatic rings. The van der Waals surface area contributed by atoms with Crippen LogP contribution in [0.3, 0.4) is 0 Å². The van der Waals surface area contributed by atoms with E-state index < -0.39 is 4.92 Å². The summed E-state index contributed by atoms with van der Waals surface area (Å²) >= 11 is 2.79. The maximum absolute atomic E-state index is 12.4. The predicted molar refractivity (Wildman–Crippen MR) is 79.6 cm³/mol. The Balaban J connectivity index is 1.77. The topological polar surface area (TPSA) is 89.2 Å². The predicted octanol–water partition coefficient (Wildman–Crippen LogP) is 2.34. The highest BCUT2D eigenvalue weighted by Gasteiger charge is 2.34. The van der Waals surface area contributed by atoms with Crippen LogP contribution in [0, 0.1) is 10.1 Å². The molecule has 1 atom stereocenters. The number of amides is 1. The second-order valence-electron chi connectivity index (χ2n) is 4.37. The molecule has 0 bridgehead atoms. The number of nitrogens with zero attached hydrogens (tertiary/aromatic N) is 4. The van der Waals surface area contributed by atoms with Gasteiger partial charge in [0.15, 0.2) is 4.34 Å². The SMILES string of the molecule is O=C1[C@@H](Sc2nncs2)CCN1c1cccc([N+](=O)[O-])c1. The van der Waals surface area contributed by atoms with E-state index in [9.17, 15) is 14.9 Å². The van der Waals surface area contributed by atoms with Crippen molar-refractivity contribution in [3.8, 4) is 0 Å². The number of benzene rings is 1. The minimum Gasteiger partial charge on any atom is -0.311 e. The Labute approximate surface area is 128 Å². The first-order valence-electron chi connectivity index (χ1n) is 6.14. The number of carbonyl (C=O) groups excluding carboxylic acids is 1. The molecule has 3 rings (SSSR count). The Hall–Kier alpha value is -2.00. The Kier molecular flexibility index (Phi) is 3.84. The maximum atomic E-state index is 12.4. The highest BCUT2D eigenvalue weighted by molar-refractivity contribution is 8.02. The van der Waals surface area contributed by atoms with Crippen molar-refractivity contribution in [3.63, 3.8) is 0 Å². The normalized spacial score (nSPS) is 18.2. The molecule has 1 aromatic heterocycles. The fourth-order valence-corrected chi connectivity index (χ4v) is 3.90. The first-order valence-corrected chi connectivity index (χ1v) is 7.90. The summed E-state index contributed by atoms with van der Waals surface area (Å²) < 4.78 is 0.759. The summed E-state index contributed by atoms with van der Waals surface area (Å²) in [5.41, 5.74) is 2.18. The van der Waals surface area contributed by atoms with Crippen molar-refractivity contribution in [1.82, 2.24) is 10.2 Å². The molecular formula is C12H10N4O3S2. The largest absolute Gasteiger partial charge is 0.311 e. The molecule has 1 fully saturated rings. The van der Waals surface area contributed by atoms with Gasteiger partial charge in [-0.15, -0.1) is 10.2 Å². The highest BCUT2D eigenvalue weighted by Crippen LogP contribution is 2.34. The molecule has 2 aromatic rings. The summed E-state index contributed by atoms with van der Waals surface area (Å²) in [5.74, 6) is -0.0457. The Morgan fingerprint density at radius 2 is 2.33 bits per heavy atom. The smallest absolute Gasteiger partial charge is 0.271 e. The van der Waals surface area contributed by atoms with Crippen molar-refractivity contribution in [2.24, 2.45) is 0 Å². The van der Waals surface area contributed by atoms with Gasteiger partial charge in [-0.25, -0.2) is 0 Å². The molecule has 9 heteroatoms. The van der Waals surface area contributed by atoms with Crippen molar-refractivity contribution < 1.29 is 9.72 Å². The van der Waals surface area contributed by atoms with Crippen molar-refractivity contribution in [1.29, 1.82) is 0 Å². The van der Waals surface area contributed by atoms with Crippen LogP contribution in [0.1, 0.15) is 6.42 Å². The number of hydrogen-bond acceptors (Lipinski definition) is 7. The van der Waals surface area contributed by atoms with Gasteiger partial charge in [-0.1, -0.05) is 29.2 Å². The molecule has 21 heavy (non-hydrogen) atoms. The summed E-state index contributed by atoms with van der Waals surface area (Å²) in [5, 5.41) is 18.3. The second-order valence-corrected chi connectivity index (χ2v) is 6.65. The summed E-state index contributed by atoms with van der Waals surface area (Å²) in [7, 11) is 0. The maximum Gasteiger partial charge on any atom is 0.271 e. The van der Waals surface area contributed by atoms with E-state index >= 15 is 0 Å². The third-order valence-electron chi connectivity index (χ3n) is 3.09. The quantitative estimate of drug-likeness (QED) is 0.634. The first kappa shape index (κ1) is 14.0. The molecular weight excluding hydrogens is 312 g/mol. The van der Waals surface area contributed by atoms with Crippen LogP contribution in [0.5, 0.6) is 0 Å². The molecule has 2 heterocycles. The lowest BCUT2D eigenvalue weighted by atomic mass is 10.2. The second kappa shape index (κ2) is 5.78. The third-order valence-corrected chi connectivity index (χ3v) is 5.16. The Morgan fingerprint density at radius 3 is 3.05 bits per heavy atom. The summed E-state index contributed by atoms with van der Waals surface area (Å²) in [6.07, 6.45) is 0.686. The molecule has 108 valence electrons. The van der Waals surface area contributed by atoms with Crippen LogP contribution in [0.15, 0.2) is 34.1 Å². The minimum atomic E-state index is -0.461. The lowest BCUT2D eigenvalue weighted by Crippen LogP contribution is -2.27. The zero-order valence-electron chi connectivity index (χ0n) is 10.7. The van der Waals surface area contributed by atoms with E-state index in [0.717, 1.165) is 4.34 Å². The van der Waals surface area contributed by atoms with E-state index in [0.29, 0.717) is 18.7 Å². The zero-order valence-corrected chi connectivity index (χ0v) is 12.3. The Bertz CT molecular complexity index is 677. The molecule has 1 aromatic carbocycles. The third kappa shape index (κ3) is 2.88. The van der Waals surface area contributed by atoms with Crippen molar-refractivity contribution in [3.05, 3.63) is 39.9 Å². The number of non-ortho nitro benzene ring substituents is 1. The number of nitro groups is 1. The van der Waals surface area contributed by atoms with E-state index in [4.69, 9.17) is 0 Å². The van der Waals surface area contributed by atoms with Crippen LogP contribution in [-0.2, 0) is 4.79 Å². The molecule has 1 amide bonds. The van der Waals surface area contributed by atoms with Gasteiger partial charge >= 0.3 is 0 Å². The molecule has 7 nitrogen and oxygen atoms in total. The lowest BCUT2D eigenvalue weighted by Gasteiger charge is -2.16. The molecule has 1 aliphatic heterocycles. The van der Waals surface area contributed by atoms with Gasteiger partial charge in [0.05, 0.1) is 15.9 Å². The van der Waals surface area contributed by atoms with E-state index in [-0.39, 0.29) is 16.8 Å². The molecule has 0 radical (unpaired) electrons. The van der Waals surface area contributed by atoms with Crippen molar-refractivity contribution >= 4 is 40.4 Å². The van der Waals surface area contributed by atoms with Crippen LogP contribution in [-0.4, -0.2) is 32.8 Å². The number of anilines is 1. The van der Waals surface area contributed by atoms with Gasteiger partial charge in [0.1, 0.15) is 5.51 Å². The molecule has 1 saturated heterocycles. The zero-order chi connectivity index (χ0) is 14.8. The van der Waals surface area contributed by atoms with Gasteiger partial charge in [-0.2, -0.15) is 0 Å². The first-order chi connectivity index (χ1) is 10.1. The fraction of sp³-hybridized carbons (Fsp3) is 0.250. The van der Waals surface area contributed by atoms with Gasteiger partial charge in [0, 0.05) is 18.7 Å². The van der Waals surface area contributed by atoms with Crippen LogP contribution in [0.4, 0.5) is 11.4 Å². The molecule has 0 saturated carbocycles. The average molecular weight is 322 g/mol. The number of aromatic nitrogens is 2. The number of hydrogen-bond donors (Lipinski definition) is 0. The van der Waals surface area contributed by atoms with E-state index in [1.165, 1.54) is 35.2 Å². The van der Waals surface area contributed by atoms with Gasteiger partial charge < -0.3 is 4.90 Å². The molecule has 0 spiro atoms. The van der Waals surface area contributed by atoms with Gasteiger partial charge in [-0.05, 0) is 12.5 Å². The minimum absolute atomic E-state index is 0.0134. The van der Waals surface area contributed by atoms with Crippen LogP contribution >= 0.6 is 23.1 Å². The molecule has 0 N–H and O–H groups in total. The number of carbonyl (C=O) groups is 1. The molecule has 0 aliphatic carbocycles.